The summed E-state index contributed by atoms with van der Waals surface area (Å²) in [6, 6.07) is 50.5. The molecule has 0 N–H and O–H groups in total. The number of benzene rings is 8. The van der Waals surface area contributed by atoms with Gasteiger partial charge in [-0.15, -0.1) is 0 Å². The van der Waals surface area contributed by atoms with Gasteiger partial charge in [0.05, 0.1) is 0 Å². The van der Waals surface area contributed by atoms with Crippen LogP contribution in [0.4, 0.5) is 51.2 Å². The normalized spacial score (nSPS) is 18.1. The molecule has 13 rings (SSSR count). The molecular formula is C79H90BN3O. The Morgan fingerprint density at radius 1 is 0.488 bits per heavy atom. The Morgan fingerprint density at radius 3 is 1.73 bits per heavy atom. The molecule has 8 aromatic carbocycles. The zero-order chi connectivity index (χ0) is 62.4. The highest BCUT2D eigenvalue weighted by molar-refractivity contribution is 7.00. The number of anilines is 9. The van der Waals surface area contributed by atoms with Crippen LogP contribution >= 0.6 is 0 Å². The number of nitrogens with zero attached hydrogens (tertiary/aromatic N) is 3. The van der Waals surface area contributed by atoms with Crippen molar-refractivity contribution in [3.63, 3.8) is 0 Å². The van der Waals surface area contributed by atoms with Gasteiger partial charge in [-0.25, -0.2) is 0 Å². The van der Waals surface area contributed by atoms with Crippen molar-refractivity contribution in [1.29, 1.82) is 0 Å². The van der Waals surface area contributed by atoms with Crippen LogP contribution in [0.1, 0.15) is 203 Å². The minimum atomic E-state index is -2.45. The van der Waals surface area contributed by atoms with E-state index in [0.29, 0.717) is 5.56 Å². The quantitative estimate of drug-likeness (QED) is 0.160. The molecule has 0 fully saturated rings. The van der Waals surface area contributed by atoms with E-state index in [1.54, 1.807) is 0 Å². The van der Waals surface area contributed by atoms with Gasteiger partial charge in [-0.05, 0) is 224 Å². The van der Waals surface area contributed by atoms with Crippen LogP contribution < -0.4 is 31.1 Å². The Bertz CT molecular complexity index is 4340. The molecule has 0 atom stereocenters. The van der Waals surface area contributed by atoms with E-state index in [1.807, 2.05) is 18.2 Å². The summed E-state index contributed by atoms with van der Waals surface area (Å²) in [6.45, 7) is 41.8. The average molecular weight is 1110 g/mol. The maximum atomic E-state index is 9.51. The highest BCUT2D eigenvalue weighted by atomic mass is 16.3. The highest BCUT2D eigenvalue weighted by Crippen LogP contribution is 2.54. The first-order valence-corrected chi connectivity index (χ1v) is 31.2. The van der Waals surface area contributed by atoms with Gasteiger partial charge in [0.15, 0.2) is 0 Å². The summed E-state index contributed by atoms with van der Waals surface area (Å²) in [5, 5.41) is 2.08. The molecule has 3 heterocycles. The number of fused-ring (bicyclic) bond motifs is 9. The number of furan rings is 1. The zero-order valence-electron chi connectivity index (χ0n) is 56.9. The Hall–Kier alpha value is -6.98. The first-order valence-electron chi connectivity index (χ1n) is 32.7. The van der Waals surface area contributed by atoms with Gasteiger partial charge in [-0.3, -0.25) is 0 Å². The molecule has 2 aliphatic carbocycles. The minimum Gasteiger partial charge on any atom is -0.456 e. The lowest BCUT2D eigenvalue weighted by molar-refractivity contribution is 0.332. The van der Waals surface area contributed by atoms with Gasteiger partial charge in [0, 0.05) is 71.6 Å². The Labute approximate surface area is 508 Å². The first kappa shape index (κ1) is 52.6. The molecule has 84 heavy (non-hydrogen) atoms. The topological polar surface area (TPSA) is 22.9 Å². The minimum absolute atomic E-state index is 0.0118. The van der Waals surface area contributed by atoms with Crippen molar-refractivity contribution in [1.82, 2.24) is 0 Å². The van der Waals surface area contributed by atoms with E-state index < -0.39 is 6.85 Å². The number of hydrogen-bond acceptors (Lipinski definition) is 4. The van der Waals surface area contributed by atoms with Crippen LogP contribution in [0.5, 0.6) is 0 Å². The molecule has 0 amide bonds. The van der Waals surface area contributed by atoms with Gasteiger partial charge >= 0.3 is 0 Å². The summed E-state index contributed by atoms with van der Waals surface area (Å²) < 4.78 is 35.4. The van der Waals surface area contributed by atoms with Gasteiger partial charge in [-0.2, -0.15) is 0 Å². The molecular weight excluding hydrogens is 1020 g/mol. The van der Waals surface area contributed by atoms with Crippen molar-refractivity contribution in [3.8, 4) is 0 Å². The SMILES string of the molecule is [2H]C([2H])([2H])c1cc2c3c(c1)N(c1ccc4c(c1)C(C)(C)CCC4(C)C)c1cc4c(cc1B3c1ccc(N(c3ccc(C(C)(C)C)cc3C)c3cccc(C(C)(C)C)c3C)cc1N2c1cc(C(C)(C)C)c2oc3ccccc3c2c1)C(C)(C)CCC4(C)C. The van der Waals surface area contributed by atoms with E-state index in [4.69, 9.17) is 4.42 Å². The monoisotopic (exact) mass is 1110 g/mol. The van der Waals surface area contributed by atoms with Crippen LogP contribution in [-0.4, -0.2) is 6.71 Å². The summed E-state index contributed by atoms with van der Waals surface area (Å²) in [6.07, 6.45) is 4.35. The Morgan fingerprint density at radius 2 is 1.10 bits per heavy atom. The third-order valence-corrected chi connectivity index (χ3v) is 20.6. The zero-order valence-corrected chi connectivity index (χ0v) is 53.9. The lowest BCUT2D eigenvalue weighted by Gasteiger charge is -2.48. The van der Waals surface area contributed by atoms with Crippen molar-refractivity contribution >= 4 is 96.2 Å². The van der Waals surface area contributed by atoms with E-state index in [9.17, 15) is 4.11 Å². The predicted molar refractivity (Wildman–Crippen MR) is 363 cm³/mol. The largest absolute Gasteiger partial charge is 0.456 e. The van der Waals surface area contributed by atoms with Crippen LogP contribution in [0, 0.1) is 20.7 Å². The number of aryl methyl sites for hydroxylation is 2. The number of para-hydroxylation sites is 1. The molecule has 0 saturated carbocycles. The molecule has 0 radical (unpaired) electrons. The summed E-state index contributed by atoms with van der Waals surface area (Å²) >= 11 is 0. The maximum absolute atomic E-state index is 9.51. The summed E-state index contributed by atoms with van der Waals surface area (Å²) in [4.78, 5) is 7.42. The number of rotatable bonds is 5. The van der Waals surface area contributed by atoms with Gasteiger partial charge in [0.1, 0.15) is 11.2 Å². The molecule has 4 aliphatic rings. The van der Waals surface area contributed by atoms with Crippen LogP contribution in [0.2, 0.25) is 0 Å². The molecule has 1 aromatic heterocycles. The fourth-order valence-corrected chi connectivity index (χ4v) is 15.4. The second kappa shape index (κ2) is 18.5. The molecule has 430 valence electrons. The van der Waals surface area contributed by atoms with Crippen LogP contribution in [-0.2, 0) is 37.9 Å². The van der Waals surface area contributed by atoms with Crippen molar-refractivity contribution in [2.75, 3.05) is 14.7 Å². The summed E-state index contributed by atoms with van der Waals surface area (Å²) in [5.41, 5.74) is 25.6. The van der Waals surface area contributed by atoms with Crippen molar-refractivity contribution < 1.29 is 8.53 Å². The van der Waals surface area contributed by atoms with Gasteiger partial charge in [0.2, 0.25) is 0 Å². The lowest BCUT2D eigenvalue weighted by Crippen LogP contribution is -2.62. The standard InChI is InChI=1S/C79H90BN3O/c1-47-38-68-71-69(39-47)83(53-41-55-54-24-21-22-27-70(54)84-72(55)61(43-53)75(10,11)12)66-44-52(81(64-33-28-50(40-48(64)2)73(4,5)6)65-26-23-25-56(49(65)3)74(7,8)9)30-32-62(66)80(71)63-45-59-60(79(19,20)37-36-78(59,17)18)46-67(63)82(68)51-29-31-57-58(42-51)77(15,16)35-34-76(57,13)14/h21-33,38-46H,34-37H2,1-20H3/i1D3. The maximum Gasteiger partial charge on any atom is 0.252 e. The molecule has 0 unspecified atom stereocenters. The van der Waals surface area contributed by atoms with E-state index in [0.717, 1.165) is 110 Å². The predicted octanol–water partition coefficient (Wildman–Crippen LogP) is 20.7. The third-order valence-electron chi connectivity index (χ3n) is 20.6. The fourth-order valence-electron chi connectivity index (χ4n) is 15.4. The van der Waals surface area contributed by atoms with Gasteiger partial charge in [0.25, 0.3) is 6.71 Å². The van der Waals surface area contributed by atoms with E-state index in [-0.39, 0.29) is 44.6 Å². The van der Waals surface area contributed by atoms with Crippen LogP contribution in [0.3, 0.4) is 0 Å². The molecule has 2 aliphatic heterocycles. The summed E-state index contributed by atoms with van der Waals surface area (Å²) in [7, 11) is 0. The number of hydrogen-bond donors (Lipinski definition) is 0. The van der Waals surface area contributed by atoms with Gasteiger partial charge < -0.3 is 19.1 Å². The molecule has 4 nitrogen and oxygen atoms in total. The van der Waals surface area contributed by atoms with Crippen LogP contribution in [0.15, 0.2) is 138 Å². The van der Waals surface area contributed by atoms with Crippen LogP contribution in [0.25, 0.3) is 21.9 Å². The Balaban J connectivity index is 1.19. The smallest absolute Gasteiger partial charge is 0.252 e. The first-order chi connectivity index (χ1) is 40.5. The second-order valence-corrected chi connectivity index (χ2v) is 31.5. The molecule has 0 saturated heterocycles. The van der Waals surface area contributed by atoms with E-state index in [1.165, 1.54) is 55.4 Å². The van der Waals surface area contributed by atoms with Crippen molar-refractivity contribution in [2.45, 2.75) is 202 Å². The van der Waals surface area contributed by atoms with E-state index >= 15 is 0 Å². The molecule has 5 heteroatoms. The van der Waals surface area contributed by atoms with Gasteiger partial charge in [-0.1, -0.05) is 178 Å². The Kier molecular flexibility index (Phi) is 11.6. The molecule has 0 bridgehead atoms. The molecule has 0 spiro atoms. The third kappa shape index (κ3) is 8.73. The average Bonchev–Trinajstić information content (AvgIpc) is 0.862. The van der Waals surface area contributed by atoms with E-state index in [2.05, 4.69) is 262 Å². The van der Waals surface area contributed by atoms with Crippen molar-refractivity contribution in [3.05, 3.63) is 189 Å². The lowest BCUT2D eigenvalue weighted by atomic mass is 9.33. The second-order valence-electron chi connectivity index (χ2n) is 31.5. The highest BCUT2D eigenvalue weighted by Gasteiger charge is 2.48. The fraction of sp³-hybridized carbons (Fsp3) is 0.392. The summed E-state index contributed by atoms with van der Waals surface area (Å²) in [5.74, 6) is 0. The molecule has 9 aromatic rings. The van der Waals surface area contributed by atoms with Crippen molar-refractivity contribution in [2.24, 2.45) is 0 Å².